The second kappa shape index (κ2) is 10.1. The van der Waals surface area contributed by atoms with Crippen molar-refractivity contribution < 1.29 is 17.9 Å². The van der Waals surface area contributed by atoms with Crippen LogP contribution < -0.4 is 19.7 Å². The molecule has 2 aliphatic carbocycles. The predicted molar refractivity (Wildman–Crippen MR) is 138 cm³/mol. The maximum atomic E-state index is 13.5. The van der Waals surface area contributed by atoms with Crippen molar-refractivity contribution in [1.82, 2.24) is 0 Å². The van der Waals surface area contributed by atoms with E-state index in [9.17, 15) is 13.2 Å². The first-order chi connectivity index (χ1) is 16.9. The third-order valence-corrected chi connectivity index (χ3v) is 9.31. The molecule has 3 aliphatic rings. The van der Waals surface area contributed by atoms with Crippen LogP contribution in [0.4, 0.5) is 17.1 Å². The molecule has 0 radical (unpaired) electrons. The lowest BCUT2D eigenvalue weighted by Crippen LogP contribution is -2.31. The molecule has 2 aromatic carbocycles. The van der Waals surface area contributed by atoms with Gasteiger partial charge in [0, 0.05) is 30.9 Å². The minimum absolute atomic E-state index is 0.0280. The van der Waals surface area contributed by atoms with Crippen LogP contribution in [0.2, 0.25) is 0 Å². The number of hydrogen-bond acceptors (Lipinski definition) is 5. The highest BCUT2D eigenvalue weighted by Gasteiger charge is 2.40. The van der Waals surface area contributed by atoms with Gasteiger partial charge in [-0.25, -0.2) is 8.42 Å². The molecule has 2 N–H and O–H groups in total. The molecule has 35 heavy (non-hydrogen) atoms. The Bertz CT molecular complexity index is 1160. The van der Waals surface area contributed by atoms with E-state index in [4.69, 9.17) is 4.74 Å². The van der Waals surface area contributed by atoms with Crippen molar-refractivity contribution in [3.63, 3.8) is 0 Å². The Balaban J connectivity index is 1.37. The van der Waals surface area contributed by atoms with E-state index < -0.39 is 10.0 Å². The molecule has 8 heteroatoms. The van der Waals surface area contributed by atoms with E-state index in [1.165, 1.54) is 19.3 Å². The number of anilines is 3. The smallest absolute Gasteiger partial charge is 0.264 e. The first-order valence-electron chi connectivity index (χ1n) is 12.8. The summed E-state index contributed by atoms with van der Waals surface area (Å²) in [5, 5.41) is 2.98. The number of amides is 1. The fourth-order valence-corrected chi connectivity index (χ4v) is 7.46. The number of carbonyl (C=O) groups excluding carboxylic acids is 1. The standard InChI is InChI=1S/C27H35N3O4S/c1-34-24-10-7-22(8-11-24)29-35(32,33)26-18-23(9-12-25(26)30-13-3-2-4-14-30)28-27(31)17-21-16-19-5-6-20(21)15-19/h7-12,18-21,29H,2-6,13-17H2,1H3,(H,28,31)/t19-,20-,21+/m1/s1. The first kappa shape index (κ1) is 24.0. The van der Waals surface area contributed by atoms with Crippen molar-refractivity contribution in [1.29, 1.82) is 0 Å². The van der Waals surface area contributed by atoms with E-state index in [1.807, 2.05) is 12.1 Å². The quantitative estimate of drug-likeness (QED) is 0.520. The van der Waals surface area contributed by atoms with Crippen LogP contribution in [0.25, 0.3) is 0 Å². The molecule has 1 aliphatic heterocycles. The summed E-state index contributed by atoms with van der Waals surface area (Å²) in [6.45, 7) is 1.64. The summed E-state index contributed by atoms with van der Waals surface area (Å²) in [5.74, 6) is 2.56. The normalized spacial score (nSPS) is 23.8. The van der Waals surface area contributed by atoms with Crippen LogP contribution in [0.5, 0.6) is 5.75 Å². The molecule has 3 fully saturated rings. The van der Waals surface area contributed by atoms with E-state index in [2.05, 4.69) is 14.9 Å². The SMILES string of the molecule is COc1ccc(NS(=O)(=O)c2cc(NC(=O)C[C@@H]3C[C@@H]4CC[C@@H]3C4)ccc2N2CCCCC2)cc1. The Hall–Kier alpha value is -2.74. The summed E-state index contributed by atoms with van der Waals surface area (Å²) in [6.07, 6.45) is 8.71. The number of piperidine rings is 1. The minimum atomic E-state index is -3.88. The van der Waals surface area contributed by atoms with E-state index in [0.717, 1.165) is 44.7 Å². The number of carbonyl (C=O) groups is 1. The molecule has 7 nitrogen and oxygen atoms in total. The van der Waals surface area contributed by atoms with E-state index in [-0.39, 0.29) is 10.8 Å². The highest BCUT2D eigenvalue weighted by molar-refractivity contribution is 7.92. The lowest BCUT2D eigenvalue weighted by atomic mass is 9.86. The molecular weight excluding hydrogens is 462 g/mol. The van der Waals surface area contributed by atoms with Crippen LogP contribution in [0, 0.1) is 17.8 Å². The second-order valence-corrected chi connectivity index (χ2v) is 11.9. The summed E-state index contributed by atoms with van der Waals surface area (Å²) in [4.78, 5) is 15.2. The topological polar surface area (TPSA) is 87.7 Å². The van der Waals surface area contributed by atoms with Gasteiger partial charge in [-0.1, -0.05) is 6.42 Å². The number of nitrogens with zero attached hydrogens (tertiary/aromatic N) is 1. The van der Waals surface area contributed by atoms with Crippen molar-refractivity contribution in [2.24, 2.45) is 17.8 Å². The first-order valence-corrected chi connectivity index (χ1v) is 14.3. The fraction of sp³-hybridized carbons (Fsp3) is 0.519. The summed E-state index contributed by atoms with van der Waals surface area (Å²) < 4.78 is 35.0. The van der Waals surface area contributed by atoms with Crippen LogP contribution >= 0.6 is 0 Å². The zero-order valence-electron chi connectivity index (χ0n) is 20.3. The molecule has 0 aromatic heterocycles. The van der Waals surface area contributed by atoms with E-state index in [1.54, 1.807) is 37.4 Å². The van der Waals surface area contributed by atoms with Gasteiger partial charge in [0.1, 0.15) is 10.6 Å². The van der Waals surface area contributed by atoms with Gasteiger partial charge in [0.05, 0.1) is 12.8 Å². The average Bonchev–Trinajstić information content (AvgIpc) is 3.48. The van der Waals surface area contributed by atoms with Crippen molar-refractivity contribution in [3.8, 4) is 5.75 Å². The van der Waals surface area contributed by atoms with Crippen LogP contribution in [-0.4, -0.2) is 34.5 Å². The lowest BCUT2D eigenvalue weighted by Gasteiger charge is -2.30. The Morgan fingerprint density at radius 3 is 2.40 bits per heavy atom. The van der Waals surface area contributed by atoms with Crippen LogP contribution in [-0.2, 0) is 14.8 Å². The number of rotatable bonds is 8. The van der Waals surface area contributed by atoms with Crippen LogP contribution in [0.15, 0.2) is 47.4 Å². The molecule has 1 heterocycles. The van der Waals surface area contributed by atoms with Gasteiger partial charge in [-0.3, -0.25) is 9.52 Å². The Morgan fingerprint density at radius 1 is 1.00 bits per heavy atom. The number of hydrogen-bond donors (Lipinski definition) is 2. The Kier molecular flexibility index (Phi) is 6.91. The number of fused-ring (bicyclic) bond motifs is 2. The lowest BCUT2D eigenvalue weighted by molar-refractivity contribution is -0.117. The molecule has 188 valence electrons. The molecule has 3 atom stereocenters. The summed E-state index contributed by atoms with van der Waals surface area (Å²) in [6, 6.07) is 12.1. The number of ether oxygens (including phenoxy) is 1. The maximum absolute atomic E-state index is 13.5. The molecule has 2 bridgehead atoms. The van der Waals surface area contributed by atoms with Crippen LogP contribution in [0.3, 0.4) is 0 Å². The number of sulfonamides is 1. The Labute approximate surface area is 208 Å². The highest BCUT2D eigenvalue weighted by atomic mass is 32.2. The molecular formula is C27H35N3O4S. The van der Waals surface area contributed by atoms with Gasteiger partial charge in [-0.05, 0) is 98.7 Å². The molecule has 2 aromatic rings. The third kappa shape index (κ3) is 5.42. The van der Waals surface area contributed by atoms with Gasteiger partial charge in [0.15, 0.2) is 0 Å². The van der Waals surface area contributed by atoms with E-state index >= 15 is 0 Å². The second-order valence-electron chi connectivity index (χ2n) is 10.3. The maximum Gasteiger partial charge on any atom is 0.264 e. The zero-order valence-corrected chi connectivity index (χ0v) is 21.1. The minimum Gasteiger partial charge on any atom is -0.497 e. The van der Waals surface area contributed by atoms with Gasteiger partial charge in [0.2, 0.25) is 5.91 Å². The predicted octanol–water partition coefficient (Wildman–Crippen LogP) is 5.25. The third-order valence-electron chi connectivity index (χ3n) is 7.90. The van der Waals surface area contributed by atoms with Gasteiger partial charge >= 0.3 is 0 Å². The summed E-state index contributed by atoms with van der Waals surface area (Å²) in [5.41, 5.74) is 1.66. The molecule has 5 rings (SSSR count). The molecule has 1 saturated heterocycles. The van der Waals surface area contributed by atoms with Crippen molar-refractivity contribution >= 4 is 33.0 Å². The molecule has 2 saturated carbocycles. The van der Waals surface area contributed by atoms with Gasteiger partial charge in [-0.2, -0.15) is 0 Å². The van der Waals surface area contributed by atoms with Crippen LogP contribution in [0.1, 0.15) is 51.4 Å². The van der Waals surface area contributed by atoms with Gasteiger partial charge in [-0.15, -0.1) is 0 Å². The van der Waals surface area contributed by atoms with Crippen molar-refractivity contribution in [2.45, 2.75) is 56.3 Å². The van der Waals surface area contributed by atoms with Gasteiger partial charge < -0.3 is 15.0 Å². The largest absolute Gasteiger partial charge is 0.497 e. The Morgan fingerprint density at radius 2 is 1.74 bits per heavy atom. The number of benzene rings is 2. The molecule has 1 amide bonds. The molecule has 0 spiro atoms. The average molecular weight is 498 g/mol. The van der Waals surface area contributed by atoms with E-state index in [0.29, 0.717) is 41.1 Å². The zero-order chi connectivity index (χ0) is 24.4. The summed E-state index contributed by atoms with van der Waals surface area (Å²) in [7, 11) is -2.31. The van der Waals surface area contributed by atoms with Crippen molar-refractivity contribution in [3.05, 3.63) is 42.5 Å². The number of methoxy groups -OCH3 is 1. The fourth-order valence-electron chi connectivity index (χ4n) is 6.15. The summed E-state index contributed by atoms with van der Waals surface area (Å²) >= 11 is 0. The monoisotopic (exact) mass is 497 g/mol. The number of nitrogens with one attached hydrogen (secondary N) is 2. The van der Waals surface area contributed by atoms with Crippen molar-refractivity contribution in [2.75, 3.05) is 35.1 Å². The molecule has 0 unspecified atom stereocenters. The van der Waals surface area contributed by atoms with Gasteiger partial charge in [0.25, 0.3) is 10.0 Å². The highest BCUT2D eigenvalue weighted by Crippen LogP contribution is 2.49.